The fraction of sp³-hybridized carbons (Fsp3) is 0.250. The first kappa shape index (κ1) is 7.09. The van der Waals surface area contributed by atoms with E-state index in [0.717, 1.165) is 5.56 Å². The van der Waals surface area contributed by atoms with Crippen LogP contribution >= 0.6 is 0 Å². The third kappa shape index (κ3) is 1.48. The fourth-order valence-electron chi connectivity index (χ4n) is 0.812. The van der Waals surface area contributed by atoms with Gasteiger partial charge in [0.25, 0.3) is 0 Å². The lowest BCUT2D eigenvalue weighted by Gasteiger charge is -2.01. The predicted octanol–water partition coefficient (Wildman–Crippen LogP) is 1.76. The first-order valence-electron chi connectivity index (χ1n) is 3.21. The quantitative estimate of drug-likeness (QED) is 0.587. The number of anilines is 1. The standard InChI is InChI=1S/C8H10NO/c1-6(10)7-3-2-4-8(9)5-7/h2-6H,9H2,1H3. The zero-order chi connectivity index (χ0) is 7.56. The molecule has 53 valence electrons. The Balaban J connectivity index is 2.96. The lowest BCUT2D eigenvalue weighted by atomic mass is 10.1. The molecule has 0 bridgehead atoms. The van der Waals surface area contributed by atoms with Crippen molar-refractivity contribution in [1.82, 2.24) is 0 Å². The van der Waals surface area contributed by atoms with Crippen LogP contribution in [-0.4, -0.2) is 0 Å². The highest BCUT2D eigenvalue weighted by Gasteiger charge is 2.00. The molecular weight excluding hydrogens is 126 g/mol. The number of hydrogen-bond donors (Lipinski definition) is 1. The van der Waals surface area contributed by atoms with Crippen molar-refractivity contribution in [2.75, 3.05) is 5.73 Å². The molecule has 0 amide bonds. The van der Waals surface area contributed by atoms with Gasteiger partial charge in [-0.1, -0.05) is 12.1 Å². The van der Waals surface area contributed by atoms with Gasteiger partial charge in [-0.2, -0.15) is 0 Å². The summed E-state index contributed by atoms with van der Waals surface area (Å²) in [4.78, 5) is 0. The first-order chi connectivity index (χ1) is 4.70. The Kier molecular flexibility index (Phi) is 1.92. The Morgan fingerprint density at radius 3 is 2.60 bits per heavy atom. The minimum absolute atomic E-state index is 0.653. The van der Waals surface area contributed by atoms with Crippen molar-refractivity contribution in [2.24, 2.45) is 0 Å². The maximum atomic E-state index is 10.8. The number of nitrogens with two attached hydrogens (primary N) is 1. The first-order valence-corrected chi connectivity index (χ1v) is 3.21. The Morgan fingerprint density at radius 1 is 1.50 bits per heavy atom. The van der Waals surface area contributed by atoms with E-state index in [1.165, 1.54) is 0 Å². The molecule has 0 heterocycles. The summed E-state index contributed by atoms with van der Waals surface area (Å²) in [5, 5.41) is 10.8. The Bertz CT molecular complexity index is 220. The number of benzene rings is 1. The van der Waals surface area contributed by atoms with E-state index in [-0.39, 0.29) is 0 Å². The number of nitrogen functional groups attached to an aromatic ring is 1. The van der Waals surface area contributed by atoms with Gasteiger partial charge in [0.1, 0.15) is 6.10 Å². The van der Waals surface area contributed by atoms with Gasteiger partial charge in [0.2, 0.25) is 0 Å². The average Bonchev–Trinajstić information content (AvgIpc) is 1.88. The maximum Gasteiger partial charge on any atom is 0.115 e. The van der Waals surface area contributed by atoms with E-state index < -0.39 is 6.10 Å². The molecule has 1 atom stereocenters. The van der Waals surface area contributed by atoms with E-state index in [1.807, 2.05) is 0 Å². The zero-order valence-electron chi connectivity index (χ0n) is 5.87. The minimum atomic E-state index is -0.677. The van der Waals surface area contributed by atoms with Gasteiger partial charge in [0.15, 0.2) is 0 Å². The second-order valence-electron chi connectivity index (χ2n) is 2.31. The third-order valence-corrected chi connectivity index (χ3v) is 1.38. The molecule has 1 rings (SSSR count). The van der Waals surface area contributed by atoms with Crippen LogP contribution in [0.15, 0.2) is 24.3 Å². The smallest absolute Gasteiger partial charge is 0.115 e. The molecule has 0 saturated carbocycles. The van der Waals surface area contributed by atoms with Crippen LogP contribution in [0.1, 0.15) is 18.6 Å². The van der Waals surface area contributed by atoms with E-state index in [4.69, 9.17) is 5.73 Å². The zero-order valence-corrected chi connectivity index (χ0v) is 5.87. The largest absolute Gasteiger partial charge is 0.399 e. The van der Waals surface area contributed by atoms with Crippen molar-refractivity contribution in [3.05, 3.63) is 29.8 Å². The monoisotopic (exact) mass is 136 g/mol. The summed E-state index contributed by atoms with van der Waals surface area (Å²) in [5.74, 6) is 0. The van der Waals surface area contributed by atoms with E-state index >= 15 is 0 Å². The molecule has 1 aromatic carbocycles. The van der Waals surface area contributed by atoms with Crippen LogP contribution in [0.4, 0.5) is 5.69 Å². The molecule has 0 aliphatic carbocycles. The molecule has 1 aromatic rings. The van der Waals surface area contributed by atoms with Crippen LogP contribution < -0.4 is 5.73 Å². The molecule has 10 heavy (non-hydrogen) atoms. The normalized spacial score (nSPS) is 13.0. The van der Waals surface area contributed by atoms with E-state index in [9.17, 15) is 5.11 Å². The molecule has 0 fully saturated rings. The van der Waals surface area contributed by atoms with Crippen molar-refractivity contribution in [2.45, 2.75) is 13.0 Å². The Labute approximate surface area is 60.3 Å². The van der Waals surface area contributed by atoms with Crippen LogP contribution in [-0.2, 0) is 5.11 Å². The Hall–Kier alpha value is -1.02. The highest BCUT2D eigenvalue weighted by molar-refractivity contribution is 5.41. The predicted molar refractivity (Wildman–Crippen MR) is 40.0 cm³/mol. The Morgan fingerprint density at radius 2 is 2.20 bits per heavy atom. The summed E-state index contributed by atoms with van der Waals surface area (Å²) in [6.45, 7) is 1.61. The van der Waals surface area contributed by atoms with Crippen molar-refractivity contribution >= 4 is 5.69 Å². The molecule has 0 saturated heterocycles. The van der Waals surface area contributed by atoms with Gasteiger partial charge in [-0.05, 0) is 24.6 Å². The van der Waals surface area contributed by atoms with Crippen molar-refractivity contribution < 1.29 is 5.11 Å². The summed E-state index contributed by atoms with van der Waals surface area (Å²) in [6.07, 6.45) is -0.677. The van der Waals surface area contributed by atoms with E-state index in [2.05, 4.69) is 0 Å². The molecule has 1 radical (unpaired) electrons. The maximum absolute atomic E-state index is 10.8. The second kappa shape index (κ2) is 2.71. The number of hydrogen-bond acceptors (Lipinski definition) is 1. The van der Waals surface area contributed by atoms with Crippen molar-refractivity contribution in [3.63, 3.8) is 0 Å². The van der Waals surface area contributed by atoms with Crippen molar-refractivity contribution in [1.29, 1.82) is 0 Å². The summed E-state index contributed by atoms with van der Waals surface area (Å²) < 4.78 is 0. The molecular formula is C8H10NO. The van der Waals surface area contributed by atoms with Crippen LogP contribution in [0.5, 0.6) is 0 Å². The molecule has 2 N–H and O–H groups in total. The van der Waals surface area contributed by atoms with E-state index in [0.29, 0.717) is 5.69 Å². The van der Waals surface area contributed by atoms with Gasteiger partial charge in [0, 0.05) is 5.69 Å². The minimum Gasteiger partial charge on any atom is -0.399 e. The van der Waals surface area contributed by atoms with Crippen molar-refractivity contribution in [3.8, 4) is 0 Å². The fourth-order valence-corrected chi connectivity index (χ4v) is 0.812. The lowest BCUT2D eigenvalue weighted by molar-refractivity contribution is 0.106. The van der Waals surface area contributed by atoms with Gasteiger partial charge >= 0.3 is 0 Å². The topological polar surface area (TPSA) is 45.9 Å². The van der Waals surface area contributed by atoms with Crippen LogP contribution in [0.25, 0.3) is 0 Å². The SMILES string of the molecule is CC([O])c1cccc(N)c1. The lowest BCUT2D eigenvalue weighted by Crippen LogP contribution is -1.91. The number of rotatable bonds is 1. The summed E-state index contributed by atoms with van der Waals surface area (Å²) >= 11 is 0. The third-order valence-electron chi connectivity index (χ3n) is 1.38. The summed E-state index contributed by atoms with van der Waals surface area (Å²) in [5.41, 5.74) is 6.86. The van der Waals surface area contributed by atoms with Gasteiger partial charge < -0.3 is 5.73 Å². The summed E-state index contributed by atoms with van der Waals surface area (Å²) in [6, 6.07) is 7.05. The second-order valence-corrected chi connectivity index (χ2v) is 2.31. The molecule has 2 heteroatoms. The van der Waals surface area contributed by atoms with Gasteiger partial charge in [-0.3, -0.25) is 0 Å². The van der Waals surface area contributed by atoms with Gasteiger partial charge in [0.05, 0.1) is 0 Å². The highest BCUT2D eigenvalue weighted by atomic mass is 16.3. The van der Waals surface area contributed by atoms with Gasteiger partial charge in [-0.15, -0.1) is 0 Å². The summed E-state index contributed by atoms with van der Waals surface area (Å²) in [7, 11) is 0. The molecule has 0 aliphatic heterocycles. The van der Waals surface area contributed by atoms with E-state index in [1.54, 1.807) is 31.2 Å². The average molecular weight is 136 g/mol. The highest BCUT2D eigenvalue weighted by Crippen LogP contribution is 2.14. The molecule has 0 spiro atoms. The van der Waals surface area contributed by atoms with Crippen LogP contribution in [0.2, 0.25) is 0 Å². The van der Waals surface area contributed by atoms with Crippen LogP contribution in [0.3, 0.4) is 0 Å². The molecule has 0 aliphatic rings. The van der Waals surface area contributed by atoms with Gasteiger partial charge in [-0.25, -0.2) is 5.11 Å². The molecule has 2 nitrogen and oxygen atoms in total. The molecule has 1 unspecified atom stereocenters. The van der Waals surface area contributed by atoms with Crippen LogP contribution in [0, 0.1) is 0 Å². The molecule has 0 aromatic heterocycles.